The molecule has 1 amide bonds. The second-order valence-corrected chi connectivity index (χ2v) is 5.85. The number of nitrogens with one attached hydrogen (secondary N) is 2. The lowest BCUT2D eigenvalue weighted by molar-refractivity contribution is -0.116. The number of methoxy groups -OCH3 is 2. The fourth-order valence-electron chi connectivity index (χ4n) is 2.06. The van der Waals surface area contributed by atoms with Gasteiger partial charge in [0.2, 0.25) is 5.91 Å². The van der Waals surface area contributed by atoms with E-state index in [0.29, 0.717) is 11.5 Å². The lowest BCUT2D eigenvalue weighted by Crippen LogP contribution is -2.31. The molecule has 122 valence electrons. The summed E-state index contributed by atoms with van der Waals surface area (Å²) in [6.45, 7) is 1.80. The van der Waals surface area contributed by atoms with Gasteiger partial charge in [-0.25, -0.2) is 0 Å². The van der Waals surface area contributed by atoms with E-state index in [1.165, 1.54) is 0 Å². The summed E-state index contributed by atoms with van der Waals surface area (Å²) in [5.74, 6) is 1.12. The molecule has 0 aliphatic carbocycles. The topological polar surface area (TPSA) is 59.6 Å². The molecule has 1 atom stereocenters. The Morgan fingerprint density at radius 3 is 2.43 bits per heavy atom. The lowest BCUT2D eigenvalue weighted by Gasteiger charge is -2.17. The highest BCUT2D eigenvalue weighted by atomic mass is 79.9. The molecule has 0 aromatic heterocycles. The van der Waals surface area contributed by atoms with Crippen molar-refractivity contribution in [2.75, 3.05) is 24.9 Å². The maximum Gasteiger partial charge on any atom is 0.246 e. The van der Waals surface area contributed by atoms with Gasteiger partial charge in [0, 0.05) is 21.9 Å². The zero-order chi connectivity index (χ0) is 16.8. The van der Waals surface area contributed by atoms with Crippen molar-refractivity contribution in [2.45, 2.75) is 13.0 Å². The molecule has 0 aliphatic rings. The van der Waals surface area contributed by atoms with Crippen LogP contribution in [0.15, 0.2) is 46.9 Å². The molecule has 2 rings (SSSR count). The van der Waals surface area contributed by atoms with Crippen LogP contribution in [0, 0.1) is 0 Å². The van der Waals surface area contributed by atoms with E-state index in [1.807, 2.05) is 30.3 Å². The number of ether oxygens (including phenoxy) is 2. The maximum absolute atomic E-state index is 12.3. The Hall–Kier alpha value is -2.21. The van der Waals surface area contributed by atoms with Gasteiger partial charge in [-0.2, -0.15) is 0 Å². The zero-order valence-corrected chi connectivity index (χ0v) is 14.8. The van der Waals surface area contributed by atoms with Crippen molar-refractivity contribution in [1.29, 1.82) is 0 Å². The van der Waals surface area contributed by atoms with E-state index >= 15 is 0 Å². The van der Waals surface area contributed by atoms with Gasteiger partial charge in [-0.3, -0.25) is 4.79 Å². The average Bonchev–Trinajstić information content (AvgIpc) is 2.54. The first-order chi connectivity index (χ1) is 11.0. The largest absolute Gasteiger partial charge is 0.493 e. The predicted molar refractivity (Wildman–Crippen MR) is 95.4 cm³/mol. The third-order valence-corrected chi connectivity index (χ3v) is 3.75. The molecule has 23 heavy (non-hydrogen) atoms. The summed E-state index contributed by atoms with van der Waals surface area (Å²) in [6.07, 6.45) is 0. The predicted octanol–water partition coefficient (Wildman–Crippen LogP) is 3.91. The molecule has 0 aliphatic heterocycles. The number of anilines is 2. The number of rotatable bonds is 6. The van der Waals surface area contributed by atoms with Crippen molar-refractivity contribution < 1.29 is 14.3 Å². The number of hydrogen-bond acceptors (Lipinski definition) is 4. The Kier molecular flexibility index (Phi) is 5.87. The van der Waals surface area contributed by atoms with Crippen LogP contribution in [0.2, 0.25) is 0 Å². The van der Waals surface area contributed by atoms with Gasteiger partial charge in [-0.1, -0.05) is 22.0 Å². The number of benzene rings is 2. The molecule has 5 nitrogen and oxygen atoms in total. The van der Waals surface area contributed by atoms with E-state index in [-0.39, 0.29) is 5.91 Å². The molecule has 6 heteroatoms. The molecule has 0 radical (unpaired) electrons. The normalized spacial score (nSPS) is 11.5. The van der Waals surface area contributed by atoms with E-state index in [0.717, 1.165) is 15.8 Å². The summed E-state index contributed by atoms with van der Waals surface area (Å²) in [5.41, 5.74) is 1.52. The summed E-state index contributed by atoms with van der Waals surface area (Å²) in [6, 6.07) is 12.5. The van der Waals surface area contributed by atoms with Crippen LogP contribution in [-0.2, 0) is 4.79 Å². The Morgan fingerprint density at radius 1 is 1.04 bits per heavy atom. The van der Waals surface area contributed by atoms with E-state index < -0.39 is 6.04 Å². The SMILES string of the molecule is COc1ccc(NC(C)C(=O)Nc2cccc(Br)c2)cc1OC. The second kappa shape index (κ2) is 7.87. The van der Waals surface area contributed by atoms with E-state index in [9.17, 15) is 4.79 Å². The maximum atomic E-state index is 12.3. The van der Waals surface area contributed by atoms with Gasteiger partial charge in [0.05, 0.1) is 14.2 Å². The molecule has 2 aromatic carbocycles. The van der Waals surface area contributed by atoms with Crippen molar-refractivity contribution in [1.82, 2.24) is 0 Å². The summed E-state index contributed by atoms with van der Waals surface area (Å²) < 4.78 is 11.4. The summed E-state index contributed by atoms with van der Waals surface area (Å²) in [7, 11) is 3.16. The number of amides is 1. The molecule has 1 unspecified atom stereocenters. The van der Waals surface area contributed by atoms with Gasteiger partial charge >= 0.3 is 0 Å². The highest BCUT2D eigenvalue weighted by molar-refractivity contribution is 9.10. The molecule has 0 bridgehead atoms. The Balaban J connectivity index is 2.03. The highest BCUT2D eigenvalue weighted by Gasteiger charge is 2.14. The van der Waals surface area contributed by atoms with E-state index in [2.05, 4.69) is 26.6 Å². The molecule has 2 aromatic rings. The highest BCUT2D eigenvalue weighted by Crippen LogP contribution is 2.30. The monoisotopic (exact) mass is 378 g/mol. The van der Waals surface area contributed by atoms with Crippen LogP contribution in [0.3, 0.4) is 0 Å². The fourth-order valence-corrected chi connectivity index (χ4v) is 2.46. The second-order valence-electron chi connectivity index (χ2n) is 4.94. The van der Waals surface area contributed by atoms with E-state index in [1.54, 1.807) is 33.3 Å². The first-order valence-corrected chi connectivity index (χ1v) is 7.87. The molecular weight excluding hydrogens is 360 g/mol. The Labute approximate surface area is 144 Å². The molecule has 0 saturated carbocycles. The quantitative estimate of drug-likeness (QED) is 0.799. The third-order valence-electron chi connectivity index (χ3n) is 3.25. The zero-order valence-electron chi connectivity index (χ0n) is 13.2. The Bertz CT molecular complexity index is 691. The van der Waals surface area contributed by atoms with Gasteiger partial charge < -0.3 is 20.1 Å². The minimum Gasteiger partial charge on any atom is -0.493 e. The van der Waals surface area contributed by atoms with Crippen LogP contribution in [0.5, 0.6) is 11.5 Å². The summed E-state index contributed by atoms with van der Waals surface area (Å²) in [5, 5.41) is 6.01. The number of carbonyl (C=O) groups excluding carboxylic acids is 1. The van der Waals surface area contributed by atoms with Crippen LogP contribution in [0.1, 0.15) is 6.92 Å². The molecule has 0 heterocycles. The summed E-state index contributed by atoms with van der Waals surface area (Å²) in [4.78, 5) is 12.3. The first-order valence-electron chi connectivity index (χ1n) is 7.08. The van der Waals surface area contributed by atoms with Crippen molar-refractivity contribution in [3.05, 3.63) is 46.9 Å². The average molecular weight is 379 g/mol. The van der Waals surface area contributed by atoms with Gasteiger partial charge in [0.25, 0.3) is 0 Å². The summed E-state index contributed by atoms with van der Waals surface area (Å²) >= 11 is 3.38. The molecule has 0 saturated heterocycles. The van der Waals surface area contributed by atoms with Crippen LogP contribution in [0.4, 0.5) is 11.4 Å². The van der Waals surface area contributed by atoms with Gasteiger partial charge in [-0.15, -0.1) is 0 Å². The van der Waals surface area contributed by atoms with Crippen molar-refractivity contribution in [2.24, 2.45) is 0 Å². The van der Waals surface area contributed by atoms with Crippen LogP contribution < -0.4 is 20.1 Å². The lowest BCUT2D eigenvalue weighted by atomic mass is 10.2. The minimum absolute atomic E-state index is 0.127. The number of halogens is 1. The Morgan fingerprint density at radius 2 is 1.78 bits per heavy atom. The standard InChI is InChI=1S/C17H19BrN2O3/c1-11(17(21)20-13-6-4-5-12(18)9-13)19-14-7-8-15(22-2)16(10-14)23-3/h4-11,19H,1-3H3,(H,20,21). The fraction of sp³-hybridized carbons (Fsp3) is 0.235. The van der Waals surface area contributed by atoms with Crippen LogP contribution in [0.25, 0.3) is 0 Å². The number of hydrogen-bond donors (Lipinski definition) is 2. The number of carbonyl (C=O) groups is 1. The molecule has 0 spiro atoms. The van der Waals surface area contributed by atoms with Gasteiger partial charge in [0.15, 0.2) is 11.5 Å². The smallest absolute Gasteiger partial charge is 0.246 e. The third kappa shape index (κ3) is 4.63. The van der Waals surface area contributed by atoms with Crippen molar-refractivity contribution >= 4 is 33.2 Å². The molecule has 0 fully saturated rings. The van der Waals surface area contributed by atoms with Crippen molar-refractivity contribution in [3.8, 4) is 11.5 Å². The first kappa shape index (κ1) is 17.1. The van der Waals surface area contributed by atoms with Gasteiger partial charge in [0.1, 0.15) is 6.04 Å². The van der Waals surface area contributed by atoms with Gasteiger partial charge in [-0.05, 0) is 37.3 Å². The molecule has 2 N–H and O–H groups in total. The van der Waals surface area contributed by atoms with Crippen LogP contribution >= 0.6 is 15.9 Å². The van der Waals surface area contributed by atoms with Crippen molar-refractivity contribution in [3.63, 3.8) is 0 Å². The van der Waals surface area contributed by atoms with Crippen LogP contribution in [-0.4, -0.2) is 26.2 Å². The van der Waals surface area contributed by atoms with E-state index in [4.69, 9.17) is 9.47 Å². The minimum atomic E-state index is -0.410. The molecular formula is C17H19BrN2O3.